The van der Waals surface area contributed by atoms with E-state index in [1.165, 1.54) is 4.68 Å². The van der Waals surface area contributed by atoms with Gasteiger partial charge in [0.25, 0.3) is 6.43 Å². The molecule has 0 radical (unpaired) electrons. The molecule has 1 atom stereocenters. The minimum atomic E-state index is -2.41. The Balaban J connectivity index is 1.88. The van der Waals surface area contributed by atoms with Crippen LogP contribution >= 0.6 is 0 Å². The summed E-state index contributed by atoms with van der Waals surface area (Å²) in [6.45, 7) is 2.42. The highest BCUT2D eigenvalue weighted by Crippen LogP contribution is 2.13. The van der Waals surface area contributed by atoms with E-state index in [2.05, 4.69) is 15.2 Å². The van der Waals surface area contributed by atoms with Crippen LogP contribution in [-0.4, -0.2) is 45.4 Å². The van der Waals surface area contributed by atoms with Gasteiger partial charge in [0.2, 0.25) is 5.89 Å². The predicted molar refractivity (Wildman–Crippen MR) is 73.1 cm³/mol. The highest BCUT2D eigenvalue weighted by atomic mass is 19.3. The maximum Gasteiger partial charge on any atom is 0.257 e. The summed E-state index contributed by atoms with van der Waals surface area (Å²) in [5, 5.41) is 7.74. The Bertz CT molecular complexity index is 587. The lowest BCUT2D eigenvalue weighted by Crippen LogP contribution is -2.17. The third kappa shape index (κ3) is 4.57. The Morgan fingerprint density at radius 3 is 2.86 bits per heavy atom. The second kappa shape index (κ2) is 7.41. The highest BCUT2D eigenvalue weighted by Gasteiger charge is 2.14. The largest absolute Gasteiger partial charge is 0.374 e. The molecular weight excluding hydrogens is 296 g/mol. The smallest absolute Gasteiger partial charge is 0.257 e. The second-order valence-corrected chi connectivity index (χ2v) is 5.06. The third-order valence-corrected chi connectivity index (χ3v) is 3.07. The van der Waals surface area contributed by atoms with Gasteiger partial charge in [0.1, 0.15) is 12.6 Å². The summed E-state index contributed by atoms with van der Waals surface area (Å²) in [7, 11) is 3.44. The van der Waals surface area contributed by atoms with E-state index in [9.17, 15) is 8.78 Å². The van der Waals surface area contributed by atoms with Gasteiger partial charge in [-0.25, -0.2) is 8.78 Å². The Kier molecular flexibility index (Phi) is 5.56. The quantitative estimate of drug-likeness (QED) is 0.741. The van der Waals surface area contributed by atoms with E-state index < -0.39 is 13.0 Å². The topological polar surface area (TPSA) is 69.2 Å². The first-order valence-corrected chi connectivity index (χ1v) is 6.81. The van der Waals surface area contributed by atoms with Crippen LogP contribution in [0.15, 0.2) is 16.9 Å². The molecule has 9 heteroatoms. The highest BCUT2D eigenvalue weighted by molar-refractivity contribution is 5.03. The Hall–Kier alpha value is -1.87. The van der Waals surface area contributed by atoms with Crippen LogP contribution in [-0.2, 0) is 24.4 Å². The minimum Gasteiger partial charge on any atom is -0.374 e. The normalized spacial score (nSPS) is 13.2. The molecule has 2 aromatic heterocycles. The van der Waals surface area contributed by atoms with Crippen molar-refractivity contribution >= 4 is 0 Å². The van der Waals surface area contributed by atoms with Crippen molar-refractivity contribution in [1.82, 2.24) is 24.8 Å². The zero-order valence-electron chi connectivity index (χ0n) is 12.7. The monoisotopic (exact) mass is 315 g/mol. The van der Waals surface area contributed by atoms with Crippen LogP contribution in [0, 0.1) is 0 Å². The van der Waals surface area contributed by atoms with E-state index >= 15 is 0 Å². The van der Waals surface area contributed by atoms with Crippen LogP contribution in [0.4, 0.5) is 8.78 Å². The fraction of sp³-hybridized carbons (Fsp3) is 0.615. The summed E-state index contributed by atoms with van der Waals surface area (Å²) in [6, 6.07) is 0. The molecule has 0 saturated heterocycles. The van der Waals surface area contributed by atoms with Crippen molar-refractivity contribution in [2.24, 2.45) is 0 Å². The molecule has 22 heavy (non-hydrogen) atoms. The van der Waals surface area contributed by atoms with Crippen LogP contribution in [0.25, 0.3) is 0 Å². The van der Waals surface area contributed by atoms with Gasteiger partial charge in [0, 0.05) is 25.4 Å². The summed E-state index contributed by atoms with van der Waals surface area (Å²) < 4.78 is 36.0. The zero-order valence-corrected chi connectivity index (χ0v) is 12.7. The fourth-order valence-electron chi connectivity index (χ4n) is 1.93. The molecule has 0 bridgehead atoms. The molecule has 0 spiro atoms. The molecule has 0 fully saturated rings. The number of halogens is 2. The Morgan fingerprint density at radius 2 is 2.18 bits per heavy atom. The van der Waals surface area contributed by atoms with Crippen molar-refractivity contribution in [1.29, 1.82) is 0 Å². The van der Waals surface area contributed by atoms with Gasteiger partial charge in [-0.1, -0.05) is 5.16 Å². The van der Waals surface area contributed by atoms with Crippen LogP contribution in [0.5, 0.6) is 0 Å². The average molecular weight is 315 g/mol. The lowest BCUT2D eigenvalue weighted by molar-refractivity contribution is 0.109. The van der Waals surface area contributed by atoms with Crippen molar-refractivity contribution in [2.75, 3.05) is 14.2 Å². The standard InChI is InChI=1S/C13H19F2N5O2/c1-9(21-3)13-17-12(22-18-13)8-19(2)5-10-4-16-20(6-10)7-11(14)15/h4,6,9,11H,5,7-8H2,1-3H3. The van der Waals surface area contributed by atoms with E-state index in [1.54, 1.807) is 19.5 Å². The number of ether oxygens (including phenoxy) is 1. The van der Waals surface area contributed by atoms with Crippen molar-refractivity contribution in [3.05, 3.63) is 29.7 Å². The van der Waals surface area contributed by atoms with Crippen LogP contribution in [0.3, 0.4) is 0 Å². The summed E-state index contributed by atoms with van der Waals surface area (Å²) in [5.41, 5.74) is 0.841. The number of alkyl halides is 2. The molecule has 0 aliphatic heterocycles. The van der Waals surface area contributed by atoms with Gasteiger partial charge in [-0.3, -0.25) is 9.58 Å². The molecule has 1 unspecified atom stereocenters. The summed E-state index contributed by atoms with van der Waals surface area (Å²) in [5.74, 6) is 0.969. The van der Waals surface area contributed by atoms with E-state index in [-0.39, 0.29) is 6.10 Å². The fourth-order valence-corrected chi connectivity index (χ4v) is 1.93. The van der Waals surface area contributed by atoms with Gasteiger partial charge in [-0.15, -0.1) is 0 Å². The SMILES string of the molecule is COC(C)c1noc(CN(C)Cc2cnn(CC(F)F)c2)n1. The summed E-state index contributed by atoms with van der Waals surface area (Å²) >= 11 is 0. The van der Waals surface area contributed by atoms with Crippen LogP contribution in [0.1, 0.15) is 30.3 Å². The first-order valence-electron chi connectivity index (χ1n) is 6.81. The molecule has 2 heterocycles. The number of rotatable bonds is 8. The molecule has 122 valence electrons. The minimum absolute atomic E-state index is 0.226. The van der Waals surface area contributed by atoms with Gasteiger partial charge in [0.05, 0.1) is 12.7 Å². The molecule has 0 saturated carbocycles. The summed E-state index contributed by atoms with van der Waals surface area (Å²) in [6.07, 6.45) is 0.542. The molecule has 2 aromatic rings. The molecule has 7 nitrogen and oxygen atoms in total. The molecule has 0 aliphatic rings. The number of methoxy groups -OCH3 is 1. The van der Waals surface area contributed by atoms with Crippen molar-refractivity contribution in [2.45, 2.75) is 39.1 Å². The number of nitrogens with zero attached hydrogens (tertiary/aromatic N) is 5. The number of hydrogen-bond donors (Lipinski definition) is 0. The van der Waals surface area contributed by atoms with Gasteiger partial charge in [0.15, 0.2) is 5.82 Å². The zero-order chi connectivity index (χ0) is 16.1. The molecule has 0 aromatic carbocycles. The third-order valence-electron chi connectivity index (χ3n) is 3.07. The van der Waals surface area contributed by atoms with E-state index in [4.69, 9.17) is 9.26 Å². The van der Waals surface area contributed by atoms with Crippen molar-refractivity contribution in [3.8, 4) is 0 Å². The van der Waals surface area contributed by atoms with Gasteiger partial charge in [-0.2, -0.15) is 10.1 Å². The van der Waals surface area contributed by atoms with Gasteiger partial charge < -0.3 is 9.26 Å². The summed E-state index contributed by atoms with van der Waals surface area (Å²) in [4.78, 5) is 6.17. The van der Waals surface area contributed by atoms with Crippen LogP contribution in [0.2, 0.25) is 0 Å². The lowest BCUT2D eigenvalue weighted by atomic mass is 10.3. The maximum absolute atomic E-state index is 12.3. The Morgan fingerprint density at radius 1 is 1.41 bits per heavy atom. The maximum atomic E-state index is 12.3. The predicted octanol–water partition coefficient (Wildman–Crippen LogP) is 1.87. The molecule has 0 N–H and O–H groups in total. The van der Waals surface area contributed by atoms with Gasteiger partial charge >= 0.3 is 0 Å². The first-order chi connectivity index (χ1) is 10.5. The lowest BCUT2D eigenvalue weighted by Gasteiger charge is -2.12. The molecular formula is C13H19F2N5O2. The number of hydrogen-bond acceptors (Lipinski definition) is 6. The Labute approximate surface area is 126 Å². The van der Waals surface area contributed by atoms with E-state index in [1.807, 2.05) is 18.9 Å². The first kappa shape index (κ1) is 16.5. The molecule has 0 amide bonds. The van der Waals surface area contributed by atoms with E-state index in [0.29, 0.717) is 24.8 Å². The molecule has 0 aliphatic carbocycles. The van der Waals surface area contributed by atoms with Crippen LogP contribution < -0.4 is 0 Å². The molecule has 2 rings (SSSR count). The van der Waals surface area contributed by atoms with Gasteiger partial charge in [-0.05, 0) is 14.0 Å². The number of aromatic nitrogens is 4. The van der Waals surface area contributed by atoms with Crippen molar-refractivity contribution < 1.29 is 18.0 Å². The average Bonchev–Trinajstić information content (AvgIpc) is 3.07. The van der Waals surface area contributed by atoms with E-state index in [0.717, 1.165) is 5.56 Å². The van der Waals surface area contributed by atoms with Crippen molar-refractivity contribution in [3.63, 3.8) is 0 Å². The second-order valence-electron chi connectivity index (χ2n) is 5.06.